The molecule has 0 aromatic heterocycles. The Morgan fingerprint density at radius 2 is 2.00 bits per heavy atom. The number of nitrogen functional groups attached to an aromatic ring is 1. The Bertz CT molecular complexity index is 292. The minimum absolute atomic E-state index is 0.241. The van der Waals surface area contributed by atoms with Crippen LogP contribution in [0.3, 0.4) is 0 Å². The first-order chi connectivity index (χ1) is 5.94. The maximum Gasteiger partial charge on any atom is 0.0603 e. The molecule has 1 aromatic rings. The van der Waals surface area contributed by atoms with Crippen LogP contribution in [-0.2, 0) is 5.41 Å². The highest BCUT2D eigenvalue weighted by Gasteiger charge is 2.26. The SMILES string of the molecule is CC(O)C(C)(C)c1cccc(N)c1. The van der Waals surface area contributed by atoms with E-state index in [1.54, 1.807) is 6.92 Å². The lowest BCUT2D eigenvalue weighted by atomic mass is 9.80. The summed E-state index contributed by atoms with van der Waals surface area (Å²) >= 11 is 0. The van der Waals surface area contributed by atoms with Gasteiger partial charge >= 0.3 is 0 Å². The van der Waals surface area contributed by atoms with Crippen molar-refractivity contribution in [3.05, 3.63) is 29.8 Å². The van der Waals surface area contributed by atoms with Gasteiger partial charge in [-0.05, 0) is 24.6 Å². The summed E-state index contributed by atoms with van der Waals surface area (Å²) in [4.78, 5) is 0. The summed E-state index contributed by atoms with van der Waals surface area (Å²) in [5, 5.41) is 9.58. The molecule has 1 unspecified atom stereocenters. The minimum Gasteiger partial charge on any atom is -0.399 e. The second-order valence-corrected chi connectivity index (χ2v) is 4.02. The van der Waals surface area contributed by atoms with Crippen molar-refractivity contribution in [3.8, 4) is 0 Å². The maximum absolute atomic E-state index is 9.58. The minimum atomic E-state index is -0.380. The van der Waals surface area contributed by atoms with Gasteiger partial charge in [-0.25, -0.2) is 0 Å². The molecule has 0 aliphatic carbocycles. The highest BCUT2D eigenvalue weighted by atomic mass is 16.3. The van der Waals surface area contributed by atoms with Gasteiger partial charge in [0.1, 0.15) is 0 Å². The van der Waals surface area contributed by atoms with Gasteiger partial charge in [0.2, 0.25) is 0 Å². The van der Waals surface area contributed by atoms with E-state index in [-0.39, 0.29) is 11.5 Å². The van der Waals surface area contributed by atoms with Crippen LogP contribution in [0.1, 0.15) is 26.3 Å². The molecule has 0 heterocycles. The zero-order valence-corrected chi connectivity index (χ0v) is 8.41. The molecular weight excluding hydrogens is 162 g/mol. The molecule has 0 spiro atoms. The molecule has 0 radical (unpaired) electrons. The predicted molar refractivity (Wildman–Crippen MR) is 55.6 cm³/mol. The number of anilines is 1. The third-order valence-corrected chi connectivity index (χ3v) is 2.68. The predicted octanol–water partition coefficient (Wildman–Crippen LogP) is 1.93. The molecule has 3 N–H and O–H groups in total. The number of aliphatic hydroxyl groups is 1. The second kappa shape index (κ2) is 3.38. The van der Waals surface area contributed by atoms with Crippen molar-refractivity contribution < 1.29 is 5.11 Å². The summed E-state index contributed by atoms with van der Waals surface area (Å²) in [7, 11) is 0. The lowest BCUT2D eigenvalue weighted by molar-refractivity contribution is 0.118. The fourth-order valence-electron chi connectivity index (χ4n) is 1.18. The molecule has 0 bridgehead atoms. The zero-order chi connectivity index (χ0) is 10.1. The van der Waals surface area contributed by atoms with Crippen LogP contribution in [0.25, 0.3) is 0 Å². The smallest absolute Gasteiger partial charge is 0.0603 e. The number of nitrogens with two attached hydrogens (primary N) is 1. The van der Waals surface area contributed by atoms with Crippen LogP contribution >= 0.6 is 0 Å². The molecule has 0 amide bonds. The molecule has 1 atom stereocenters. The first-order valence-corrected chi connectivity index (χ1v) is 4.48. The summed E-state index contributed by atoms with van der Waals surface area (Å²) in [6, 6.07) is 7.66. The quantitative estimate of drug-likeness (QED) is 0.681. The average Bonchev–Trinajstić information content (AvgIpc) is 2.04. The van der Waals surface area contributed by atoms with Gasteiger partial charge in [0, 0.05) is 11.1 Å². The summed E-state index contributed by atoms with van der Waals surface area (Å²) in [6.45, 7) is 5.81. The Morgan fingerprint density at radius 3 is 2.46 bits per heavy atom. The summed E-state index contributed by atoms with van der Waals surface area (Å²) in [6.07, 6.45) is -0.380. The largest absolute Gasteiger partial charge is 0.399 e. The van der Waals surface area contributed by atoms with Crippen LogP contribution in [0, 0.1) is 0 Å². The number of hydrogen-bond acceptors (Lipinski definition) is 2. The Labute approximate surface area is 79.4 Å². The summed E-state index contributed by atoms with van der Waals surface area (Å²) in [5.41, 5.74) is 7.25. The molecular formula is C11H17NO. The van der Waals surface area contributed by atoms with Gasteiger partial charge in [-0.2, -0.15) is 0 Å². The van der Waals surface area contributed by atoms with Crippen molar-refractivity contribution in [2.75, 3.05) is 5.73 Å². The summed E-state index contributed by atoms with van der Waals surface area (Å²) in [5.74, 6) is 0. The van der Waals surface area contributed by atoms with E-state index < -0.39 is 0 Å². The molecule has 2 heteroatoms. The van der Waals surface area contributed by atoms with Crippen molar-refractivity contribution in [3.63, 3.8) is 0 Å². The third-order valence-electron chi connectivity index (χ3n) is 2.68. The van der Waals surface area contributed by atoms with E-state index in [0.29, 0.717) is 0 Å². The highest BCUT2D eigenvalue weighted by molar-refractivity contribution is 5.43. The van der Waals surface area contributed by atoms with Crippen LogP contribution in [0.4, 0.5) is 5.69 Å². The van der Waals surface area contributed by atoms with Crippen LogP contribution in [0.2, 0.25) is 0 Å². The fraction of sp³-hybridized carbons (Fsp3) is 0.455. The summed E-state index contributed by atoms with van der Waals surface area (Å²) < 4.78 is 0. The lowest BCUT2D eigenvalue weighted by Gasteiger charge is -2.28. The van der Waals surface area contributed by atoms with Crippen LogP contribution in [0.5, 0.6) is 0 Å². The topological polar surface area (TPSA) is 46.2 Å². The van der Waals surface area contributed by atoms with Crippen molar-refractivity contribution >= 4 is 5.69 Å². The number of hydrogen-bond donors (Lipinski definition) is 2. The van der Waals surface area contributed by atoms with Gasteiger partial charge in [-0.1, -0.05) is 26.0 Å². The molecule has 0 aliphatic rings. The fourth-order valence-corrected chi connectivity index (χ4v) is 1.18. The van der Waals surface area contributed by atoms with Crippen molar-refractivity contribution in [2.45, 2.75) is 32.3 Å². The van der Waals surface area contributed by atoms with E-state index >= 15 is 0 Å². The van der Waals surface area contributed by atoms with Gasteiger partial charge in [0.25, 0.3) is 0 Å². The molecule has 2 nitrogen and oxygen atoms in total. The van der Waals surface area contributed by atoms with Gasteiger partial charge < -0.3 is 10.8 Å². The Balaban J connectivity index is 3.07. The normalized spacial score (nSPS) is 14.2. The van der Waals surface area contributed by atoms with E-state index in [4.69, 9.17) is 5.73 Å². The third kappa shape index (κ3) is 2.01. The van der Waals surface area contributed by atoms with Crippen LogP contribution in [-0.4, -0.2) is 11.2 Å². The van der Waals surface area contributed by atoms with Crippen molar-refractivity contribution in [2.24, 2.45) is 0 Å². The van der Waals surface area contributed by atoms with Gasteiger partial charge in [0.15, 0.2) is 0 Å². The molecule has 13 heavy (non-hydrogen) atoms. The Hall–Kier alpha value is -1.02. The molecule has 0 saturated carbocycles. The highest BCUT2D eigenvalue weighted by Crippen LogP contribution is 2.27. The van der Waals surface area contributed by atoms with Gasteiger partial charge in [-0.3, -0.25) is 0 Å². The van der Waals surface area contributed by atoms with E-state index in [9.17, 15) is 5.11 Å². The van der Waals surface area contributed by atoms with E-state index in [2.05, 4.69) is 0 Å². The standard InChI is InChI=1S/C11H17NO/c1-8(13)11(2,3)9-5-4-6-10(12)7-9/h4-8,13H,12H2,1-3H3. The van der Waals surface area contributed by atoms with Gasteiger partial charge in [0.05, 0.1) is 6.10 Å². The molecule has 1 rings (SSSR count). The molecule has 72 valence electrons. The molecule has 1 aromatic carbocycles. The van der Waals surface area contributed by atoms with Crippen molar-refractivity contribution in [1.82, 2.24) is 0 Å². The maximum atomic E-state index is 9.58. The zero-order valence-electron chi connectivity index (χ0n) is 8.41. The van der Waals surface area contributed by atoms with E-state index in [1.807, 2.05) is 38.1 Å². The number of rotatable bonds is 2. The molecule has 0 fully saturated rings. The number of benzene rings is 1. The lowest BCUT2D eigenvalue weighted by Crippen LogP contribution is -2.30. The first kappa shape index (κ1) is 10.1. The molecule has 0 saturated heterocycles. The Morgan fingerprint density at radius 1 is 1.38 bits per heavy atom. The van der Waals surface area contributed by atoms with Gasteiger partial charge in [-0.15, -0.1) is 0 Å². The average molecular weight is 179 g/mol. The number of aliphatic hydroxyl groups excluding tert-OH is 1. The van der Waals surface area contributed by atoms with E-state index in [1.165, 1.54) is 0 Å². The van der Waals surface area contributed by atoms with E-state index in [0.717, 1.165) is 11.3 Å². The monoisotopic (exact) mass is 179 g/mol. The second-order valence-electron chi connectivity index (χ2n) is 4.02. The van der Waals surface area contributed by atoms with Crippen LogP contribution < -0.4 is 5.73 Å². The molecule has 0 aliphatic heterocycles. The van der Waals surface area contributed by atoms with Crippen molar-refractivity contribution in [1.29, 1.82) is 0 Å². The Kier molecular flexibility index (Phi) is 2.62. The first-order valence-electron chi connectivity index (χ1n) is 4.48. The van der Waals surface area contributed by atoms with Crippen LogP contribution in [0.15, 0.2) is 24.3 Å².